The average molecular weight is 234 g/mol. The van der Waals surface area contributed by atoms with Gasteiger partial charge in [0.2, 0.25) is 5.91 Å². The van der Waals surface area contributed by atoms with Crippen LogP contribution in [-0.2, 0) is 4.79 Å². The van der Waals surface area contributed by atoms with Crippen LogP contribution in [0.2, 0.25) is 0 Å². The van der Waals surface area contributed by atoms with Gasteiger partial charge in [0.1, 0.15) is 5.54 Å². The summed E-state index contributed by atoms with van der Waals surface area (Å²) in [4.78, 5) is 13.9. The summed E-state index contributed by atoms with van der Waals surface area (Å²) in [5.74, 6) is 0.119. The summed E-state index contributed by atoms with van der Waals surface area (Å²) in [6, 6.07) is 10.0. The summed E-state index contributed by atoms with van der Waals surface area (Å²) in [6.07, 6.45) is 0.813. The van der Waals surface area contributed by atoms with Gasteiger partial charge in [-0.2, -0.15) is 0 Å². The van der Waals surface area contributed by atoms with Gasteiger partial charge in [0.15, 0.2) is 0 Å². The van der Waals surface area contributed by atoms with Crippen LogP contribution in [0.25, 0.3) is 0 Å². The van der Waals surface area contributed by atoms with Crippen molar-refractivity contribution in [3.05, 3.63) is 30.3 Å². The van der Waals surface area contributed by atoms with Crippen molar-refractivity contribution < 1.29 is 4.79 Å². The fraction of sp³-hybridized carbons (Fsp3) is 0.500. The lowest BCUT2D eigenvalue weighted by Crippen LogP contribution is -2.45. The van der Waals surface area contributed by atoms with Gasteiger partial charge in [-0.25, -0.2) is 0 Å². The number of rotatable bonds is 2. The monoisotopic (exact) mass is 234 g/mol. The maximum Gasteiger partial charge on any atom is 0.247 e. The SMILES string of the molecule is CC.CCC1(C)C(=O)NCN1c1ccccc1. The molecule has 94 valence electrons. The lowest BCUT2D eigenvalue weighted by molar-refractivity contribution is -0.123. The Morgan fingerprint density at radius 1 is 1.29 bits per heavy atom. The second-order valence-corrected chi connectivity index (χ2v) is 4.06. The smallest absolute Gasteiger partial charge is 0.247 e. The van der Waals surface area contributed by atoms with Crippen molar-refractivity contribution >= 4 is 11.6 Å². The van der Waals surface area contributed by atoms with Crippen LogP contribution in [0.5, 0.6) is 0 Å². The Kier molecular flexibility index (Phi) is 4.55. The summed E-state index contributed by atoms with van der Waals surface area (Å²) in [6.45, 7) is 8.64. The zero-order chi connectivity index (χ0) is 12.9. The van der Waals surface area contributed by atoms with Crippen LogP contribution >= 0.6 is 0 Å². The van der Waals surface area contributed by atoms with E-state index in [9.17, 15) is 4.79 Å². The van der Waals surface area contributed by atoms with Crippen molar-refractivity contribution in [3.8, 4) is 0 Å². The molecule has 1 atom stereocenters. The number of nitrogens with zero attached hydrogens (tertiary/aromatic N) is 1. The predicted molar refractivity (Wildman–Crippen MR) is 72.0 cm³/mol. The number of para-hydroxylation sites is 1. The highest BCUT2D eigenvalue weighted by atomic mass is 16.2. The molecule has 3 heteroatoms. The van der Waals surface area contributed by atoms with Crippen molar-refractivity contribution in [2.75, 3.05) is 11.6 Å². The second kappa shape index (κ2) is 5.71. The third kappa shape index (κ3) is 2.43. The van der Waals surface area contributed by atoms with E-state index in [1.165, 1.54) is 0 Å². The number of nitrogens with one attached hydrogen (secondary N) is 1. The van der Waals surface area contributed by atoms with Crippen molar-refractivity contribution in [2.45, 2.75) is 39.7 Å². The number of hydrogen-bond donors (Lipinski definition) is 1. The molecule has 1 fully saturated rings. The van der Waals surface area contributed by atoms with Gasteiger partial charge in [0.25, 0.3) is 0 Å². The molecule has 3 nitrogen and oxygen atoms in total. The van der Waals surface area contributed by atoms with Gasteiger partial charge < -0.3 is 10.2 Å². The van der Waals surface area contributed by atoms with Crippen LogP contribution < -0.4 is 10.2 Å². The highest BCUT2D eigenvalue weighted by molar-refractivity contribution is 5.92. The number of amides is 1. The van der Waals surface area contributed by atoms with Crippen molar-refractivity contribution in [1.82, 2.24) is 5.32 Å². The van der Waals surface area contributed by atoms with Gasteiger partial charge in [0.05, 0.1) is 6.67 Å². The molecule has 1 saturated heterocycles. The van der Waals surface area contributed by atoms with Crippen LogP contribution in [0.3, 0.4) is 0 Å². The quantitative estimate of drug-likeness (QED) is 0.853. The molecule has 2 rings (SSSR count). The largest absolute Gasteiger partial charge is 0.339 e. The molecule has 1 heterocycles. The molecule has 1 amide bonds. The standard InChI is InChI=1S/C12H16N2O.C2H6/c1-3-12(2)11(15)13-9-14(12)10-7-5-4-6-8-10;1-2/h4-8H,3,9H2,1-2H3,(H,13,15);1-2H3. The van der Waals surface area contributed by atoms with Crippen LogP contribution in [0.15, 0.2) is 30.3 Å². The molecular weight excluding hydrogens is 212 g/mol. The predicted octanol–water partition coefficient (Wildman–Crippen LogP) is 2.78. The number of carbonyl (C=O) groups excluding carboxylic acids is 1. The minimum absolute atomic E-state index is 0.119. The molecule has 1 aromatic carbocycles. The van der Waals surface area contributed by atoms with E-state index >= 15 is 0 Å². The first-order valence-electron chi connectivity index (χ1n) is 6.29. The van der Waals surface area contributed by atoms with Crippen LogP contribution in [-0.4, -0.2) is 18.1 Å². The highest BCUT2D eigenvalue weighted by Crippen LogP contribution is 2.29. The fourth-order valence-corrected chi connectivity index (χ4v) is 1.97. The Labute approximate surface area is 104 Å². The van der Waals surface area contributed by atoms with E-state index in [4.69, 9.17) is 0 Å². The van der Waals surface area contributed by atoms with Crippen LogP contribution in [0.1, 0.15) is 34.1 Å². The Hall–Kier alpha value is -1.51. The van der Waals surface area contributed by atoms with E-state index in [0.717, 1.165) is 12.1 Å². The van der Waals surface area contributed by atoms with E-state index in [-0.39, 0.29) is 5.91 Å². The fourth-order valence-electron chi connectivity index (χ4n) is 1.97. The zero-order valence-electron chi connectivity index (χ0n) is 11.2. The normalized spacial score (nSPS) is 22.8. The second-order valence-electron chi connectivity index (χ2n) is 4.06. The maximum atomic E-state index is 11.8. The third-order valence-electron chi connectivity index (χ3n) is 3.24. The van der Waals surface area contributed by atoms with Gasteiger partial charge in [-0.1, -0.05) is 39.0 Å². The van der Waals surface area contributed by atoms with Gasteiger partial charge in [-0.3, -0.25) is 4.79 Å². The molecule has 1 unspecified atom stereocenters. The van der Waals surface area contributed by atoms with Crippen molar-refractivity contribution in [1.29, 1.82) is 0 Å². The zero-order valence-corrected chi connectivity index (χ0v) is 11.2. The third-order valence-corrected chi connectivity index (χ3v) is 3.24. The van der Waals surface area contributed by atoms with Crippen molar-refractivity contribution in [3.63, 3.8) is 0 Å². The first-order chi connectivity index (χ1) is 8.18. The molecule has 0 aliphatic carbocycles. The summed E-state index contributed by atoms with van der Waals surface area (Å²) in [5, 5.41) is 2.90. The number of carbonyl (C=O) groups is 1. The van der Waals surface area contributed by atoms with E-state index in [2.05, 4.69) is 10.2 Å². The Balaban J connectivity index is 0.000000686. The van der Waals surface area contributed by atoms with Crippen LogP contribution in [0.4, 0.5) is 5.69 Å². The van der Waals surface area contributed by atoms with E-state index < -0.39 is 5.54 Å². The van der Waals surface area contributed by atoms with Crippen molar-refractivity contribution in [2.24, 2.45) is 0 Å². The average Bonchev–Trinajstić information content (AvgIpc) is 2.70. The lowest BCUT2D eigenvalue weighted by Gasteiger charge is -2.32. The van der Waals surface area contributed by atoms with Gasteiger partial charge >= 0.3 is 0 Å². The molecule has 1 aliphatic rings. The first-order valence-corrected chi connectivity index (χ1v) is 6.29. The Bertz CT molecular complexity index is 364. The minimum atomic E-state index is -0.401. The molecule has 0 aromatic heterocycles. The molecule has 1 aliphatic heterocycles. The topological polar surface area (TPSA) is 32.3 Å². The van der Waals surface area contributed by atoms with E-state index in [1.54, 1.807) is 0 Å². The van der Waals surface area contributed by atoms with E-state index in [1.807, 2.05) is 58.0 Å². The number of benzene rings is 1. The van der Waals surface area contributed by atoms with Crippen LogP contribution in [0, 0.1) is 0 Å². The van der Waals surface area contributed by atoms with Gasteiger partial charge in [-0.05, 0) is 25.5 Å². The summed E-state index contributed by atoms with van der Waals surface area (Å²) < 4.78 is 0. The number of anilines is 1. The molecule has 0 saturated carbocycles. The molecular formula is C14H22N2O. The molecule has 17 heavy (non-hydrogen) atoms. The summed E-state index contributed by atoms with van der Waals surface area (Å²) in [5.41, 5.74) is 0.696. The highest BCUT2D eigenvalue weighted by Gasteiger charge is 2.42. The minimum Gasteiger partial charge on any atom is -0.339 e. The molecule has 1 N–H and O–H groups in total. The molecule has 1 aromatic rings. The van der Waals surface area contributed by atoms with Gasteiger partial charge in [0, 0.05) is 5.69 Å². The molecule has 0 spiro atoms. The Morgan fingerprint density at radius 3 is 2.41 bits per heavy atom. The number of hydrogen-bond acceptors (Lipinski definition) is 2. The molecule has 0 bridgehead atoms. The molecule has 0 radical (unpaired) electrons. The summed E-state index contributed by atoms with van der Waals surface area (Å²) in [7, 11) is 0. The lowest BCUT2D eigenvalue weighted by atomic mass is 9.97. The Morgan fingerprint density at radius 2 is 1.88 bits per heavy atom. The first kappa shape index (κ1) is 13.6. The maximum absolute atomic E-state index is 11.8. The van der Waals surface area contributed by atoms with Gasteiger partial charge in [-0.15, -0.1) is 0 Å². The summed E-state index contributed by atoms with van der Waals surface area (Å²) >= 11 is 0. The van der Waals surface area contributed by atoms with E-state index in [0.29, 0.717) is 6.67 Å².